The number of nitrogens with one attached hydrogen (secondary N) is 1. The number of aliphatic hydroxyl groups excluding tert-OH is 1. The van der Waals surface area contributed by atoms with Gasteiger partial charge in [-0.2, -0.15) is 0 Å². The number of hydrogen-bond acceptors (Lipinski definition) is 2. The first kappa shape index (κ1) is 15.2. The van der Waals surface area contributed by atoms with Crippen LogP contribution < -0.4 is 5.32 Å². The van der Waals surface area contributed by atoms with Gasteiger partial charge < -0.3 is 10.4 Å². The van der Waals surface area contributed by atoms with Crippen LogP contribution in [0.3, 0.4) is 0 Å². The van der Waals surface area contributed by atoms with Crippen LogP contribution in [0.4, 0.5) is 0 Å². The van der Waals surface area contributed by atoms with Gasteiger partial charge in [-0.3, -0.25) is 0 Å². The summed E-state index contributed by atoms with van der Waals surface area (Å²) in [5, 5.41) is 12.6. The van der Waals surface area contributed by atoms with Gasteiger partial charge in [-0.05, 0) is 36.8 Å². The molecule has 0 amide bonds. The lowest BCUT2D eigenvalue weighted by molar-refractivity contribution is 0.230. The SMILES string of the molecule is CC[C@H](CO)NC(C)c1ccc(CC(C)C)cc1. The monoisotopic (exact) mass is 249 g/mol. The smallest absolute Gasteiger partial charge is 0.0584 e. The van der Waals surface area contributed by atoms with E-state index in [1.165, 1.54) is 11.1 Å². The summed E-state index contributed by atoms with van der Waals surface area (Å²) < 4.78 is 0. The van der Waals surface area contributed by atoms with Gasteiger partial charge in [0, 0.05) is 12.1 Å². The number of benzene rings is 1. The molecule has 1 aromatic rings. The average molecular weight is 249 g/mol. The normalized spacial score (nSPS) is 14.8. The van der Waals surface area contributed by atoms with E-state index in [4.69, 9.17) is 0 Å². The highest BCUT2D eigenvalue weighted by Gasteiger charge is 2.10. The van der Waals surface area contributed by atoms with Crippen molar-refractivity contribution in [2.75, 3.05) is 6.61 Å². The molecule has 2 heteroatoms. The van der Waals surface area contributed by atoms with E-state index in [0.29, 0.717) is 5.92 Å². The van der Waals surface area contributed by atoms with Crippen molar-refractivity contribution in [1.29, 1.82) is 0 Å². The Hall–Kier alpha value is -0.860. The first-order valence-corrected chi connectivity index (χ1v) is 7.02. The second-order valence-electron chi connectivity index (χ2n) is 5.52. The van der Waals surface area contributed by atoms with Crippen LogP contribution >= 0.6 is 0 Å². The highest BCUT2D eigenvalue weighted by molar-refractivity contribution is 5.25. The first-order chi connectivity index (χ1) is 8.56. The highest BCUT2D eigenvalue weighted by Crippen LogP contribution is 2.16. The predicted octanol–water partition coefficient (Wildman–Crippen LogP) is 3.31. The van der Waals surface area contributed by atoms with Crippen molar-refractivity contribution in [3.63, 3.8) is 0 Å². The molecule has 1 unspecified atom stereocenters. The summed E-state index contributed by atoms with van der Waals surface area (Å²) >= 11 is 0. The Labute approximate surface area is 111 Å². The van der Waals surface area contributed by atoms with Crippen LogP contribution in [0, 0.1) is 5.92 Å². The van der Waals surface area contributed by atoms with Crippen LogP contribution in [0.1, 0.15) is 51.3 Å². The molecule has 102 valence electrons. The van der Waals surface area contributed by atoms with Crippen molar-refractivity contribution in [3.05, 3.63) is 35.4 Å². The van der Waals surface area contributed by atoms with Gasteiger partial charge in [0.05, 0.1) is 6.61 Å². The van der Waals surface area contributed by atoms with Gasteiger partial charge in [0.15, 0.2) is 0 Å². The van der Waals surface area contributed by atoms with E-state index >= 15 is 0 Å². The third-order valence-electron chi connectivity index (χ3n) is 3.32. The minimum absolute atomic E-state index is 0.190. The van der Waals surface area contributed by atoms with Crippen molar-refractivity contribution in [2.45, 2.75) is 52.6 Å². The summed E-state index contributed by atoms with van der Waals surface area (Å²) in [6, 6.07) is 9.30. The lowest BCUT2D eigenvalue weighted by Crippen LogP contribution is -2.33. The predicted molar refractivity (Wildman–Crippen MR) is 77.7 cm³/mol. The molecule has 2 nitrogen and oxygen atoms in total. The molecule has 0 aliphatic rings. The lowest BCUT2D eigenvalue weighted by atomic mass is 9.99. The molecule has 0 saturated carbocycles. The Kier molecular flexibility index (Phi) is 6.37. The Morgan fingerprint density at radius 2 is 1.72 bits per heavy atom. The third-order valence-corrected chi connectivity index (χ3v) is 3.32. The van der Waals surface area contributed by atoms with E-state index in [-0.39, 0.29) is 18.7 Å². The molecule has 0 fully saturated rings. The van der Waals surface area contributed by atoms with Crippen molar-refractivity contribution in [2.24, 2.45) is 5.92 Å². The summed E-state index contributed by atoms with van der Waals surface area (Å²) in [5.74, 6) is 0.699. The van der Waals surface area contributed by atoms with E-state index < -0.39 is 0 Å². The molecule has 1 aromatic carbocycles. The van der Waals surface area contributed by atoms with E-state index in [2.05, 4.69) is 57.3 Å². The molecular weight excluding hydrogens is 222 g/mol. The fourth-order valence-corrected chi connectivity index (χ4v) is 2.16. The molecule has 18 heavy (non-hydrogen) atoms. The topological polar surface area (TPSA) is 32.3 Å². The zero-order valence-electron chi connectivity index (χ0n) is 12.1. The Morgan fingerprint density at radius 3 is 2.17 bits per heavy atom. The molecule has 1 rings (SSSR count). The Morgan fingerprint density at radius 1 is 1.11 bits per heavy atom. The standard InChI is InChI=1S/C16H27NO/c1-5-16(11-18)17-13(4)15-8-6-14(7-9-15)10-12(2)3/h6-9,12-13,16-18H,5,10-11H2,1-4H3/t13?,16-/m1/s1. The lowest BCUT2D eigenvalue weighted by Gasteiger charge is -2.21. The molecule has 2 N–H and O–H groups in total. The van der Waals surface area contributed by atoms with E-state index in [1.807, 2.05) is 0 Å². The van der Waals surface area contributed by atoms with Crippen molar-refractivity contribution >= 4 is 0 Å². The van der Waals surface area contributed by atoms with E-state index in [0.717, 1.165) is 12.8 Å². The fourth-order valence-electron chi connectivity index (χ4n) is 2.16. The Balaban J connectivity index is 2.61. The Bertz CT molecular complexity index is 327. The van der Waals surface area contributed by atoms with Gasteiger partial charge >= 0.3 is 0 Å². The molecular formula is C16H27NO. The summed E-state index contributed by atoms with van der Waals surface area (Å²) in [4.78, 5) is 0. The fraction of sp³-hybridized carbons (Fsp3) is 0.625. The maximum absolute atomic E-state index is 9.20. The average Bonchev–Trinajstić information content (AvgIpc) is 2.35. The van der Waals surface area contributed by atoms with Crippen molar-refractivity contribution < 1.29 is 5.11 Å². The zero-order valence-corrected chi connectivity index (χ0v) is 12.1. The summed E-state index contributed by atoms with van der Waals surface area (Å²) in [6.07, 6.45) is 2.09. The van der Waals surface area contributed by atoms with Crippen LogP contribution in [-0.4, -0.2) is 17.8 Å². The van der Waals surface area contributed by atoms with E-state index in [1.54, 1.807) is 0 Å². The van der Waals surface area contributed by atoms with Gasteiger partial charge in [-0.1, -0.05) is 45.0 Å². The summed E-state index contributed by atoms with van der Waals surface area (Å²) in [7, 11) is 0. The van der Waals surface area contributed by atoms with Crippen LogP contribution in [-0.2, 0) is 6.42 Å². The minimum atomic E-state index is 0.190. The molecule has 0 aromatic heterocycles. The highest BCUT2D eigenvalue weighted by atomic mass is 16.3. The van der Waals surface area contributed by atoms with Gasteiger partial charge in [0.25, 0.3) is 0 Å². The number of hydrogen-bond donors (Lipinski definition) is 2. The second-order valence-corrected chi connectivity index (χ2v) is 5.52. The molecule has 0 saturated heterocycles. The van der Waals surface area contributed by atoms with Gasteiger partial charge in [-0.25, -0.2) is 0 Å². The largest absolute Gasteiger partial charge is 0.395 e. The first-order valence-electron chi connectivity index (χ1n) is 7.02. The van der Waals surface area contributed by atoms with Gasteiger partial charge in [0.2, 0.25) is 0 Å². The van der Waals surface area contributed by atoms with Crippen molar-refractivity contribution in [1.82, 2.24) is 5.32 Å². The minimum Gasteiger partial charge on any atom is -0.395 e. The maximum atomic E-state index is 9.20. The number of rotatable bonds is 7. The van der Waals surface area contributed by atoms with Gasteiger partial charge in [-0.15, -0.1) is 0 Å². The molecule has 2 atom stereocenters. The molecule has 0 aliphatic carbocycles. The van der Waals surface area contributed by atoms with Crippen LogP contribution in [0.2, 0.25) is 0 Å². The zero-order chi connectivity index (χ0) is 13.5. The maximum Gasteiger partial charge on any atom is 0.0584 e. The van der Waals surface area contributed by atoms with Gasteiger partial charge in [0.1, 0.15) is 0 Å². The summed E-state index contributed by atoms with van der Waals surface area (Å²) in [5.41, 5.74) is 2.68. The van der Waals surface area contributed by atoms with E-state index in [9.17, 15) is 5.11 Å². The van der Waals surface area contributed by atoms with Crippen LogP contribution in [0.15, 0.2) is 24.3 Å². The molecule has 0 aliphatic heterocycles. The van der Waals surface area contributed by atoms with Crippen LogP contribution in [0.25, 0.3) is 0 Å². The summed E-state index contributed by atoms with van der Waals surface area (Å²) in [6.45, 7) is 8.92. The second kappa shape index (κ2) is 7.55. The van der Waals surface area contributed by atoms with Crippen molar-refractivity contribution in [3.8, 4) is 0 Å². The third kappa shape index (κ3) is 4.79. The quantitative estimate of drug-likeness (QED) is 0.777. The molecule has 0 bridgehead atoms. The molecule has 0 spiro atoms. The van der Waals surface area contributed by atoms with Crippen LogP contribution in [0.5, 0.6) is 0 Å². The number of aliphatic hydroxyl groups is 1. The molecule has 0 heterocycles. The molecule has 0 radical (unpaired) electrons.